The van der Waals surface area contributed by atoms with Crippen molar-refractivity contribution in [3.8, 4) is 11.5 Å². The zero-order valence-corrected chi connectivity index (χ0v) is 14.6. The molecule has 0 amide bonds. The highest BCUT2D eigenvalue weighted by atomic mass is 79.9. The highest BCUT2D eigenvalue weighted by molar-refractivity contribution is 9.10. The standard InChI is InChI=1S/C19H10BrF4NO/c20-18-12(21)9-11(19(22,23)24)10-15(18)25-13-5-1-3-7-16(13)26-17-8-4-2-6-14(17)25/h1-10H. The monoisotopic (exact) mass is 423 g/mol. The van der Waals surface area contributed by atoms with Crippen LogP contribution >= 0.6 is 15.9 Å². The van der Waals surface area contributed by atoms with Crippen LogP contribution in [0.2, 0.25) is 0 Å². The Morgan fingerprint density at radius 1 is 0.808 bits per heavy atom. The number of halogens is 5. The predicted octanol–water partition coefficient (Wildman–Crippen LogP) is 7.18. The van der Waals surface area contributed by atoms with Crippen molar-refractivity contribution in [2.75, 3.05) is 4.90 Å². The van der Waals surface area contributed by atoms with E-state index in [4.69, 9.17) is 4.74 Å². The van der Waals surface area contributed by atoms with Gasteiger partial charge in [0, 0.05) is 0 Å². The summed E-state index contributed by atoms with van der Waals surface area (Å²) in [5, 5.41) is 0. The van der Waals surface area contributed by atoms with E-state index in [0.29, 0.717) is 28.9 Å². The number of rotatable bonds is 1. The van der Waals surface area contributed by atoms with Gasteiger partial charge in [0.25, 0.3) is 0 Å². The van der Waals surface area contributed by atoms with Crippen molar-refractivity contribution in [3.05, 3.63) is 76.5 Å². The lowest BCUT2D eigenvalue weighted by molar-refractivity contribution is -0.137. The summed E-state index contributed by atoms with van der Waals surface area (Å²) in [5.41, 5.74) is 0.0198. The van der Waals surface area contributed by atoms with E-state index in [2.05, 4.69) is 15.9 Å². The molecule has 0 aromatic heterocycles. The molecule has 0 saturated carbocycles. The highest BCUT2D eigenvalue weighted by Gasteiger charge is 2.35. The van der Waals surface area contributed by atoms with Gasteiger partial charge in [-0.15, -0.1) is 0 Å². The maximum Gasteiger partial charge on any atom is 0.416 e. The number of anilines is 3. The second kappa shape index (κ2) is 6.02. The summed E-state index contributed by atoms with van der Waals surface area (Å²) < 4.78 is 59.7. The van der Waals surface area contributed by atoms with E-state index in [9.17, 15) is 17.6 Å². The summed E-state index contributed by atoms with van der Waals surface area (Å²) in [7, 11) is 0. The lowest BCUT2D eigenvalue weighted by atomic mass is 10.1. The van der Waals surface area contributed by atoms with Gasteiger partial charge in [-0.05, 0) is 52.3 Å². The SMILES string of the molecule is Fc1cc(C(F)(F)F)cc(N2c3ccccc3Oc3ccccc32)c1Br. The van der Waals surface area contributed by atoms with E-state index in [1.165, 1.54) is 0 Å². The fourth-order valence-electron chi connectivity index (χ4n) is 2.87. The summed E-state index contributed by atoms with van der Waals surface area (Å²) >= 11 is 3.10. The maximum atomic E-state index is 14.3. The third kappa shape index (κ3) is 2.72. The predicted molar refractivity (Wildman–Crippen MR) is 93.9 cm³/mol. The van der Waals surface area contributed by atoms with Crippen LogP contribution < -0.4 is 9.64 Å². The van der Waals surface area contributed by atoms with Crippen LogP contribution in [0.5, 0.6) is 11.5 Å². The van der Waals surface area contributed by atoms with Crippen molar-refractivity contribution < 1.29 is 22.3 Å². The van der Waals surface area contributed by atoms with Gasteiger partial charge < -0.3 is 9.64 Å². The molecule has 132 valence electrons. The molecule has 3 aromatic rings. The summed E-state index contributed by atoms with van der Waals surface area (Å²) in [6.07, 6.45) is -4.67. The van der Waals surface area contributed by atoms with Gasteiger partial charge in [0.05, 0.1) is 27.1 Å². The number of hydrogen-bond acceptors (Lipinski definition) is 2. The van der Waals surface area contributed by atoms with Crippen LogP contribution in [0.3, 0.4) is 0 Å². The second-order valence-electron chi connectivity index (χ2n) is 5.66. The Bertz CT molecular complexity index is 958. The normalized spacial score (nSPS) is 13.0. The van der Waals surface area contributed by atoms with E-state index in [-0.39, 0.29) is 10.2 Å². The number of benzene rings is 3. The Hall–Kier alpha value is -2.54. The fourth-order valence-corrected chi connectivity index (χ4v) is 3.27. The first-order chi connectivity index (χ1) is 12.4. The number of nitrogens with zero attached hydrogens (tertiary/aromatic N) is 1. The average molecular weight is 424 g/mol. The van der Waals surface area contributed by atoms with E-state index in [1.807, 2.05) is 0 Å². The van der Waals surface area contributed by atoms with E-state index < -0.39 is 17.6 Å². The van der Waals surface area contributed by atoms with Crippen molar-refractivity contribution in [1.29, 1.82) is 0 Å². The molecule has 0 fully saturated rings. The van der Waals surface area contributed by atoms with E-state index in [0.717, 1.165) is 6.07 Å². The van der Waals surface area contributed by atoms with Crippen LogP contribution in [-0.2, 0) is 6.18 Å². The van der Waals surface area contributed by atoms with Crippen LogP contribution in [0.15, 0.2) is 65.1 Å². The van der Waals surface area contributed by atoms with Gasteiger partial charge in [-0.2, -0.15) is 13.2 Å². The van der Waals surface area contributed by atoms with Crippen LogP contribution in [0.25, 0.3) is 0 Å². The fraction of sp³-hybridized carbons (Fsp3) is 0.0526. The molecule has 1 heterocycles. The Morgan fingerprint density at radius 3 is 1.88 bits per heavy atom. The Morgan fingerprint density at radius 2 is 1.35 bits per heavy atom. The molecule has 1 aliphatic heterocycles. The van der Waals surface area contributed by atoms with Crippen molar-refractivity contribution in [3.63, 3.8) is 0 Å². The lowest BCUT2D eigenvalue weighted by Crippen LogP contribution is -2.17. The molecule has 0 radical (unpaired) electrons. The molecule has 0 unspecified atom stereocenters. The van der Waals surface area contributed by atoms with Gasteiger partial charge >= 0.3 is 6.18 Å². The lowest BCUT2D eigenvalue weighted by Gasteiger charge is -2.33. The number of para-hydroxylation sites is 4. The molecule has 0 atom stereocenters. The maximum absolute atomic E-state index is 14.3. The third-order valence-electron chi connectivity index (χ3n) is 4.01. The Labute approximate surface area is 154 Å². The van der Waals surface area contributed by atoms with Gasteiger partial charge in [0.15, 0.2) is 11.5 Å². The van der Waals surface area contributed by atoms with Gasteiger partial charge in [0.1, 0.15) is 5.82 Å². The smallest absolute Gasteiger partial charge is 0.416 e. The van der Waals surface area contributed by atoms with Crippen LogP contribution in [0.1, 0.15) is 5.56 Å². The van der Waals surface area contributed by atoms with Gasteiger partial charge in [-0.1, -0.05) is 24.3 Å². The molecule has 1 aliphatic rings. The van der Waals surface area contributed by atoms with Crippen molar-refractivity contribution >= 4 is 33.0 Å². The topological polar surface area (TPSA) is 12.5 Å². The Balaban J connectivity index is 2.01. The molecule has 2 nitrogen and oxygen atoms in total. The van der Waals surface area contributed by atoms with Crippen LogP contribution in [0, 0.1) is 5.82 Å². The molecule has 4 rings (SSSR count). The molecule has 7 heteroatoms. The Kier molecular flexibility index (Phi) is 3.91. The van der Waals surface area contributed by atoms with Crippen molar-refractivity contribution in [2.24, 2.45) is 0 Å². The molecular formula is C19H10BrF4NO. The highest BCUT2D eigenvalue weighted by Crippen LogP contribution is 2.52. The van der Waals surface area contributed by atoms with Gasteiger partial charge in [-0.3, -0.25) is 0 Å². The molecule has 0 spiro atoms. The molecule has 3 aromatic carbocycles. The quantitative estimate of drug-likeness (QED) is 0.300. The first-order valence-electron chi connectivity index (χ1n) is 7.58. The molecule has 26 heavy (non-hydrogen) atoms. The van der Waals surface area contributed by atoms with E-state index >= 15 is 0 Å². The summed E-state index contributed by atoms with van der Waals surface area (Å²) in [6.45, 7) is 0. The molecule has 0 saturated heterocycles. The summed E-state index contributed by atoms with van der Waals surface area (Å²) in [4.78, 5) is 1.55. The number of fused-ring (bicyclic) bond motifs is 2. The zero-order valence-electron chi connectivity index (χ0n) is 13.0. The second-order valence-corrected chi connectivity index (χ2v) is 6.45. The minimum absolute atomic E-state index is 0.0422. The largest absolute Gasteiger partial charge is 0.453 e. The van der Waals surface area contributed by atoms with Crippen LogP contribution in [-0.4, -0.2) is 0 Å². The minimum Gasteiger partial charge on any atom is -0.453 e. The molecule has 0 bridgehead atoms. The molecule has 0 N–H and O–H groups in total. The van der Waals surface area contributed by atoms with Gasteiger partial charge in [-0.25, -0.2) is 4.39 Å². The number of ether oxygens (including phenoxy) is 1. The molecular weight excluding hydrogens is 414 g/mol. The van der Waals surface area contributed by atoms with Gasteiger partial charge in [0.2, 0.25) is 0 Å². The van der Waals surface area contributed by atoms with E-state index in [1.54, 1.807) is 53.4 Å². The first kappa shape index (κ1) is 16.9. The third-order valence-corrected chi connectivity index (χ3v) is 4.79. The number of hydrogen-bond donors (Lipinski definition) is 0. The van der Waals surface area contributed by atoms with Crippen molar-refractivity contribution in [1.82, 2.24) is 0 Å². The number of alkyl halides is 3. The molecule has 0 aliphatic carbocycles. The van der Waals surface area contributed by atoms with Crippen LogP contribution in [0.4, 0.5) is 34.6 Å². The summed E-state index contributed by atoms with van der Waals surface area (Å²) in [6, 6.07) is 15.2. The summed E-state index contributed by atoms with van der Waals surface area (Å²) in [5.74, 6) is -0.0527. The average Bonchev–Trinajstić information content (AvgIpc) is 2.61. The first-order valence-corrected chi connectivity index (χ1v) is 8.38. The van der Waals surface area contributed by atoms with Crippen molar-refractivity contribution in [2.45, 2.75) is 6.18 Å². The zero-order chi connectivity index (χ0) is 18.5. The minimum atomic E-state index is -4.67.